The Kier molecular flexibility index (Phi) is 13.1. The molecule has 1 fully saturated rings. The zero-order chi connectivity index (χ0) is 34.0. The number of amides is 2. The van der Waals surface area contributed by atoms with Crippen molar-refractivity contribution in [2.45, 2.75) is 88.7 Å². The van der Waals surface area contributed by atoms with Crippen LogP contribution < -0.4 is 10.6 Å². The smallest absolute Gasteiger partial charge is 0.410 e. The molecule has 2 heterocycles. The van der Waals surface area contributed by atoms with Crippen molar-refractivity contribution in [1.82, 2.24) is 4.90 Å². The van der Waals surface area contributed by atoms with Gasteiger partial charge in [-0.25, -0.2) is 4.79 Å². The summed E-state index contributed by atoms with van der Waals surface area (Å²) in [6.07, 6.45) is 4.47. The molecule has 0 bridgehead atoms. The maximum atomic E-state index is 14.2. The van der Waals surface area contributed by atoms with Crippen molar-refractivity contribution >= 4 is 41.4 Å². The van der Waals surface area contributed by atoms with E-state index in [0.717, 1.165) is 36.1 Å². The summed E-state index contributed by atoms with van der Waals surface area (Å²) in [5, 5.41) is -0.715. The van der Waals surface area contributed by atoms with Crippen molar-refractivity contribution in [2.75, 3.05) is 31.1 Å². The van der Waals surface area contributed by atoms with Crippen LogP contribution in [0.25, 0.3) is 0 Å². The average Bonchev–Trinajstić information content (AvgIpc) is 3.13. The number of esters is 2. The van der Waals surface area contributed by atoms with E-state index in [1.165, 1.54) is 16.7 Å². The summed E-state index contributed by atoms with van der Waals surface area (Å²) in [6, 6.07) is 17.0. The number of carbonyl (C=O) groups is 4. The van der Waals surface area contributed by atoms with Crippen LogP contribution in [0.3, 0.4) is 0 Å². The molecule has 0 aliphatic carbocycles. The first-order chi connectivity index (χ1) is 22.5. The predicted octanol–water partition coefficient (Wildman–Crippen LogP) is 6.16. The van der Waals surface area contributed by atoms with Crippen LogP contribution in [-0.2, 0) is 35.2 Å². The number of para-hydroxylation sites is 1. The Balaban J connectivity index is 1.35. The molecular formula is C36H49N3O7S. The van der Waals surface area contributed by atoms with Crippen LogP contribution in [0.15, 0.2) is 59.5 Å². The minimum atomic E-state index is -0.890. The Morgan fingerprint density at radius 1 is 0.979 bits per heavy atom. The summed E-state index contributed by atoms with van der Waals surface area (Å²) in [6.45, 7) is 8.54. The summed E-state index contributed by atoms with van der Waals surface area (Å²) in [5.41, 5.74) is 7.49. The Hall–Kier alpha value is -3.57. The average molecular weight is 668 g/mol. The van der Waals surface area contributed by atoms with E-state index in [9.17, 15) is 19.2 Å². The molecule has 2 aliphatic rings. The monoisotopic (exact) mass is 667 g/mol. The fraction of sp³-hybridized carbons (Fsp3) is 0.556. The zero-order valence-electron chi connectivity index (χ0n) is 28.0. The highest BCUT2D eigenvalue weighted by atomic mass is 32.2. The molecule has 47 heavy (non-hydrogen) atoms. The normalized spacial score (nSPS) is 19.4. The van der Waals surface area contributed by atoms with Crippen LogP contribution >= 0.6 is 11.8 Å². The van der Waals surface area contributed by atoms with Gasteiger partial charge in [0.2, 0.25) is 5.91 Å². The number of hydrogen-bond donors (Lipinski definition) is 1. The number of unbranched alkanes of at least 4 members (excludes halogenated alkanes) is 1. The number of piperidine rings is 1. The lowest BCUT2D eigenvalue weighted by molar-refractivity contribution is -0.154. The summed E-state index contributed by atoms with van der Waals surface area (Å²) in [7, 11) is 0. The van der Waals surface area contributed by atoms with Crippen LogP contribution in [0, 0.1) is 17.8 Å². The van der Waals surface area contributed by atoms with Crippen LogP contribution in [0.2, 0.25) is 0 Å². The largest absolute Gasteiger partial charge is 0.466 e. The quantitative estimate of drug-likeness (QED) is 0.161. The van der Waals surface area contributed by atoms with Gasteiger partial charge in [-0.2, -0.15) is 0 Å². The fourth-order valence-corrected chi connectivity index (χ4v) is 7.41. The van der Waals surface area contributed by atoms with Gasteiger partial charge in [-0.1, -0.05) is 61.7 Å². The lowest BCUT2D eigenvalue weighted by atomic mass is 9.84. The number of nitrogens with zero attached hydrogens (tertiary/aromatic N) is 2. The zero-order valence-corrected chi connectivity index (χ0v) is 28.8. The Morgan fingerprint density at radius 3 is 2.34 bits per heavy atom. The topological polar surface area (TPSA) is 128 Å². The minimum Gasteiger partial charge on any atom is -0.466 e. The van der Waals surface area contributed by atoms with Gasteiger partial charge in [0.1, 0.15) is 18.8 Å². The van der Waals surface area contributed by atoms with E-state index in [1.54, 1.807) is 38.7 Å². The van der Waals surface area contributed by atoms with E-state index in [4.69, 9.17) is 19.9 Å². The van der Waals surface area contributed by atoms with Crippen LogP contribution in [0.1, 0.15) is 71.8 Å². The first-order valence-electron chi connectivity index (χ1n) is 16.6. The van der Waals surface area contributed by atoms with Gasteiger partial charge in [-0.05, 0) is 70.6 Å². The molecule has 10 nitrogen and oxygen atoms in total. The molecule has 2 aromatic carbocycles. The van der Waals surface area contributed by atoms with Crippen molar-refractivity contribution in [2.24, 2.45) is 23.5 Å². The number of likely N-dealkylation sites (tertiary alicyclic amines) is 1. The van der Waals surface area contributed by atoms with Crippen molar-refractivity contribution in [3.8, 4) is 0 Å². The Bertz CT molecular complexity index is 1360. The van der Waals surface area contributed by atoms with Gasteiger partial charge in [-0.3, -0.25) is 19.3 Å². The molecule has 4 rings (SSSR count). The Labute approximate surface area is 282 Å². The second-order valence-corrected chi connectivity index (χ2v) is 14.4. The van der Waals surface area contributed by atoms with Crippen LogP contribution in [-0.4, -0.2) is 66.1 Å². The third kappa shape index (κ3) is 10.5. The number of anilines is 1. The number of ether oxygens (including phenoxy) is 3. The van der Waals surface area contributed by atoms with Gasteiger partial charge in [-0.15, -0.1) is 11.8 Å². The minimum absolute atomic E-state index is 0.187. The van der Waals surface area contributed by atoms with E-state index < -0.39 is 34.7 Å². The molecule has 0 radical (unpaired) electrons. The number of benzene rings is 2. The van der Waals surface area contributed by atoms with Crippen molar-refractivity contribution in [1.29, 1.82) is 0 Å². The molecule has 2 aromatic rings. The molecule has 2 amide bonds. The van der Waals surface area contributed by atoms with E-state index in [2.05, 4.69) is 0 Å². The van der Waals surface area contributed by atoms with Crippen molar-refractivity contribution in [3.63, 3.8) is 0 Å². The molecule has 2 aliphatic heterocycles. The summed E-state index contributed by atoms with van der Waals surface area (Å²) in [5.74, 6) is -2.56. The highest BCUT2D eigenvalue weighted by Gasteiger charge is 2.44. The molecule has 0 spiro atoms. The van der Waals surface area contributed by atoms with Crippen LogP contribution in [0.5, 0.6) is 0 Å². The number of hydrogen-bond acceptors (Lipinski definition) is 9. The van der Waals surface area contributed by atoms with Gasteiger partial charge >= 0.3 is 18.0 Å². The van der Waals surface area contributed by atoms with E-state index in [1.807, 2.05) is 48.5 Å². The second kappa shape index (κ2) is 17.0. The first kappa shape index (κ1) is 36.3. The second-order valence-electron chi connectivity index (χ2n) is 13.2. The van der Waals surface area contributed by atoms with E-state index >= 15 is 0 Å². The molecule has 1 saturated heterocycles. The highest BCUT2D eigenvalue weighted by Crippen LogP contribution is 2.42. The van der Waals surface area contributed by atoms with Gasteiger partial charge in [0.15, 0.2) is 0 Å². The standard InChI is InChI=1S/C36H49N3O7S/c1-5-44-34(42)27(16-10-9-13-25-19-21-38(22-20-25)35(43)45-24-26-14-7-6-8-15-26)31-32(37)47-29-18-12-11-17-28(29)39(33(31)41)23-30(40)46-36(2,3)4/h6-8,11-12,14-15,17-18,25,27,31-32H,5,9-10,13,16,19-24,37H2,1-4H3/t27-,31+,32?/m1/s1. The van der Waals surface area contributed by atoms with Gasteiger partial charge < -0.3 is 24.8 Å². The molecule has 2 N–H and O–H groups in total. The summed E-state index contributed by atoms with van der Waals surface area (Å²) < 4.78 is 16.5. The lowest BCUT2D eigenvalue weighted by Gasteiger charge is -2.32. The number of nitrogens with two attached hydrogens (primary N) is 1. The number of rotatable bonds is 12. The number of carbonyl (C=O) groups excluding carboxylic acids is 4. The third-order valence-corrected chi connectivity index (χ3v) is 9.67. The Morgan fingerprint density at radius 2 is 1.66 bits per heavy atom. The number of fused-ring (bicyclic) bond motifs is 1. The molecule has 0 saturated carbocycles. The molecule has 256 valence electrons. The summed E-state index contributed by atoms with van der Waals surface area (Å²) in [4.78, 5) is 57.1. The van der Waals surface area contributed by atoms with E-state index in [-0.39, 0.29) is 31.8 Å². The molecule has 3 atom stereocenters. The van der Waals surface area contributed by atoms with Gasteiger partial charge in [0.05, 0.1) is 29.5 Å². The highest BCUT2D eigenvalue weighted by molar-refractivity contribution is 8.00. The molecule has 11 heteroatoms. The first-order valence-corrected chi connectivity index (χ1v) is 17.5. The van der Waals surface area contributed by atoms with Crippen molar-refractivity contribution < 1.29 is 33.4 Å². The van der Waals surface area contributed by atoms with Crippen molar-refractivity contribution in [3.05, 3.63) is 60.2 Å². The van der Waals surface area contributed by atoms with E-state index in [0.29, 0.717) is 37.5 Å². The maximum absolute atomic E-state index is 14.2. The fourth-order valence-electron chi connectivity index (χ4n) is 6.21. The summed E-state index contributed by atoms with van der Waals surface area (Å²) >= 11 is 1.33. The third-order valence-electron chi connectivity index (χ3n) is 8.51. The maximum Gasteiger partial charge on any atom is 0.410 e. The number of thioether (sulfide) groups is 1. The van der Waals surface area contributed by atoms with Crippen LogP contribution in [0.4, 0.5) is 10.5 Å². The molecular weight excluding hydrogens is 618 g/mol. The molecule has 1 unspecified atom stereocenters. The van der Waals surface area contributed by atoms with Gasteiger partial charge in [0, 0.05) is 18.0 Å². The SMILES string of the molecule is CCOC(=O)[C@H](CCCCC1CCN(C(=O)OCc2ccccc2)CC1)[C@@H]1C(=O)N(CC(=O)OC(C)(C)C)c2ccccc2SC1N. The lowest BCUT2D eigenvalue weighted by Crippen LogP contribution is -2.49. The predicted molar refractivity (Wildman–Crippen MR) is 181 cm³/mol. The van der Waals surface area contributed by atoms with Gasteiger partial charge in [0.25, 0.3) is 0 Å². The molecule has 0 aromatic heterocycles.